The fourth-order valence-electron chi connectivity index (χ4n) is 2.55. The molecule has 0 aliphatic carbocycles. The molecule has 8 heteroatoms. The highest BCUT2D eigenvalue weighted by atomic mass is 35.5. The molecule has 0 radical (unpaired) electrons. The van der Waals surface area contributed by atoms with Gasteiger partial charge < -0.3 is 10.4 Å². The topological polar surface area (TPSA) is 78.6 Å². The van der Waals surface area contributed by atoms with Crippen LogP contribution in [0.4, 0.5) is 5.69 Å². The summed E-state index contributed by atoms with van der Waals surface area (Å²) in [5, 5.41) is 24.2. The zero-order chi connectivity index (χ0) is 14.5. The van der Waals surface area contributed by atoms with Gasteiger partial charge in [-0.15, -0.1) is 31.4 Å². The lowest BCUT2D eigenvalue weighted by Gasteiger charge is -2.34. The van der Waals surface area contributed by atoms with E-state index in [1.807, 2.05) is 0 Å². The van der Waals surface area contributed by atoms with Crippen LogP contribution in [0.2, 0.25) is 0 Å². The van der Waals surface area contributed by atoms with Gasteiger partial charge in [0, 0.05) is 49.9 Å². The maximum atomic E-state index is 10.9. The van der Waals surface area contributed by atoms with E-state index >= 15 is 0 Å². The first kappa shape index (κ1) is 20.7. The van der Waals surface area contributed by atoms with Crippen LogP contribution < -0.4 is 5.32 Å². The Labute approximate surface area is 142 Å². The molecule has 124 valence electrons. The quantitative estimate of drug-likeness (QED) is 0.485. The Morgan fingerprint density at radius 2 is 2.05 bits per heavy atom. The highest BCUT2D eigenvalue weighted by Crippen LogP contribution is 2.34. The molecule has 1 atom stereocenters. The number of piperazine rings is 1. The molecule has 1 heterocycles. The van der Waals surface area contributed by atoms with Gasteiger partial charge in [0.05, 0.1) is 4.92 Å². The number of phenolic OH excluding ortho intramolecular Hbond substituents is 1. The fraction of sp³-hybridized carbons (Fsp3) is 0.429. The summed E-state index contributed by atoms with van der Waals surface area (Å²) in [4.78, 5) is 12.7. The van der Waals surface area contributed by atoms with E-state index in [9.17, 15) is 15.2 Å². The fourth-order valence-corrected chi connectivity index (χ4v) is 2.55. The van der Waals surface area contributed by atoms with Crippen LogP contribution in [-0.2, 0) is 0 Å². The molecule has 1 saturated heterocycles. The van der Waals surface area contributed by atoms with Gasteiger partial charge in [-0.1, -0.05) is 6.08 Å². The molecule has 0 saturated carbocycles. The Kier molecular flexibility index (Phi) is 9.04. The maximum Gasteiger partial charge on any atom is 0.270 e. The van der Waals surface area contributed by atoms with E-state index < -0.39 is 4.92 Å². The van der Waals surface area contributed by atoms with E-state index in [0.29, 0.717) is 12.0 Å². The van der Waals surface area contributed by atoms with Gasteiger partial charge in [0.15, 0.2) is 0 Å². The lowest BCUT2D eigenvalue weighted by Crippen LogP contribution is -2.45. The van der Waals surface area contributed by atoms with Crippen molar-refractivity contribution < 1.29 is 10.0 Å². The molecule has 0 aromatic heterocycles. The Morgan fingerprint density at radius 3 is 2.59 bits per heavy atom. The van der Waals surface area contributed by atoms with E-state index in [1.54, 1.807) is 6.08 Å². The summed E-state index contributed by atoms with van der Waals surface area (Å²) in [5.41, 5.74) is 0.600. The molecular weight excluding hydrogens is 329 g/mol. The minimum absolute atomic E-state index is 0. The van der Waals surface area contributed by atoms with Gasteiger partial charge in [-0.3, -0.25) is 15.0 Å². The number of hydrogen-bond donors (Lipinski definition) is 2. The van der Waals surface area contributed by atoms with Gasteiger partial charge in [-0.05, 0) is 12.5 Å². The third-order valence-electron chi connectivity index (χ3n) is 3.56. The number of nitrogens with one attached hydrogen (secondary N) is 1. The average Bonchev–Trinajstić information content (AvgIpc) is 2.46. The first-order valence-corrected chi connectivity index (χ1v) is 6.66. The summed E-state index contributed by atoms with van der Waals surface area (Å²) >= 11 is 0. The molecular formula is C14H21Cl2N3O3. The zero-order valence-electron chi connectivity index (χ0n) is 12.1. The lowest BCUT2D eigenvalue weighted by atomic mass is 9.99. The van der Waals surface area contributed by atoms with Crippen molar-refractivity contribution in [2.24, 2.45) is 0 Å². The second kappa shape index (κ2) is 9.63. The molecule has 2 N–H and O–H groups in total. The number of rotatable bonds is 5. The van der Waals surface area contributed by atoms with Crippen LogP contribution in [0.15, 0.2) is 30.9 Å². The molecule has 1 fully saturated rings. The van der Waals surface area contributed by atoms with E-state index in [2.05, 4.69) is 16.8 Å². The van der Waals surface area contributed by atoms with Crippen LogP contribution in [-0.4, -0.2) is 41.1 Å². The molecule has 6 nitrogen and oxygen atoms in total. The van der Waals surface area contributed by atoms with E-state index in [-0.39, 0.29) is 42.3 Å². The van der Waals surface area contributed by atoms with Gasteiger partial charge in [0.1, 0.15) is 5.75 Å². The summed E-state index contributed by atoms with van der Waals surface area (Å²) in [6.07, 6.45) is 2.43. The van der Waals surface area contributed by atoms with Crippen molar-refractivity contribution in [3.05, 3.63) is 46.5 Å². The predicted octanol–water partition coefficient (Wildman–Crippen LogP) is 2.67. The largest absolute Gasteiger partial charge is 0.508 e. The molecule has 0 bridgehead atoms. The van der Waals surface area contributed by atoms with Crippen molar-refractivity contribution in [3.63, 3.8) is 0 Å². The number of hydrogen-bond acceptors (Lipinski definition) is 5. The monoisotopic (exact) mass is 349 g/mol. The van der Waals surface area contributed by atoms with Gasteiger partial charge >= 0.3 is 0 Å². The zero-order valence-corrected chi connectivity index (χ0v) is 13.7. The van der Waals surface area contributed by atoms with Crippen LogP contribution in [0, 0.1) is 10.1 Å². The summed E-state index contributed by atoms with van der Waals surface area (Å²) < 4.78 is 0. The first-order valence-electron chi connectivity index (χ1n) is 6.66. The summed E-state index contributed by atoms with van der Waals surface area (Å²) in [6, 6.07) is 4.10. The van der Waals surface area contributed by atoms with Crippen molar-refractivity contribution >= 4 is 30.5 Å². The third kappa shape index (κ3) is 4.84. The van der Waals surface area contributed by atoms with Gasteiger partial charge in [-0.25, -0.2) is 0 Å². The third-order valence-corrected chi connectivity index (χ3v) is 3.56. The molecule has 0 unspecified atom stereocenters. The van der Waals surface area contributed by atoms with Crippen LogP contribution in [0.3, 0.4) is 0 Å². The van der Waals surface area contributed by atoms with E-state index in [4.69, 9.17) is 0 Å². The molecule has 22 heavy (non-hydrogen) atoms. The first-order chi connectivity index (χ1) is 9.63. The number of nitrogens with zero attached hydrogens (tertiary/aromatic N) is 2. The summed E-state index contributed by atoms with van der Waals surface area (Å²) in [6.45, 7) is 7.20. The van der Waals surface area contributed by atoms with E-state index in [1.165, 1.54) is 18.2 Å². The number of halogens is 2. The number of benzene rings is 1. The maximum absolute atomic E-state index is 10.9. The van der Waals surface area contributed by atoms with Crippen molar-refractivity contribution in [3.8, 4) is 5.75 Å². The number of nitro groups is 1. The smallest absolute Gasteiger partial charge is 0.270 e. The number of phenols is 1. The van der Waals surface area contributed by atoms with Crippen LogP contribution in [0.5, 0.6) is 5.75 Å². The second-order valence-corrected chi connectivity index (χ2v) is 4.83. The molecule has 1 aliphatic rings. The van der Waals surface area contributed by atoms with Crippen molar-refractivity contribution in [1.82, 2.24) is 10.2 Å². The molecule has 1 aromatic rings. The Bertz CT molecular complexity index is 508. The minimum atomic E-state index is -0.439. The molecule has 2 rings (SSSR count). The minimum Gasteiger partial charge on any atom is -0.508 e. The van der Waals surface area contributed by atoms with Crippen LogP contribution in [0.1, 0.15) is 18.0 Å². The number of nitro benzene ring substituents is 1. The van der Waals surface area contributed by atoms with Gasteiger partial charge in [0.2, 0.25) is 0 Å². The highest BCUT2D eigenvalue weighted by Gasteiger charge is 2.25. The molecule has 0 spiro atoms. The normalized spacial score (nSPS) is 16.0. The van der Waals surface area contributed by atoms with Crippen LogP contribution in [0.25, 0.3) is 0 Å². The highest BCUT2D eigenvalue weighted by molar-refractivity contribution is 5.85. The molecule has 0 amide bonds. The van der Waals surface area contributed by atoms with Gasteiger partial charge in [0.25, 0.3) is 5.69 Å². The SMILES string of the molecule is C=CC[C@H](c1cc([N+](=O)[O-])ccc1O)N1CCNCC1.Cl.Cl. The Morgan fingerprint density at radius 1 is 1.41 bits per heavy atom. The summed E-state index contributed by atoms with van der Waals surface area (Å²) in [5.74, 6) is 0.0981. The van der Waals surface area contributed by atoms with Crippen molar-refractivity contribution in [1.29, 1.82) is 0 Å². The second-order valence-electron chi connectivity index (χ2n) is 4.83. The van der Waals surface area contributed by atoms with Crippen molar-refractivity contribution in [2.45, 2.75) is 12.5 Å². The van der Waals surface area contributed by atoms with E-state index in [0.717, 1.165) is 26.2 Å². The Hall–Kier alpha value is -1.34. The number of non-ortho nitro benzene ring substituents is 1. The standard InChI is InChI=1S/C14H19N3O3.2ClH/c1-2-3-13(16-8-6-15-7-9-16)12-10-11(17(19)20)4-5-14(12)18;;/h2,4-5,10,13,15,18H,1,3,6-9H2;2*1H/t13-;;/m1../s1. The molecule has 1 aliphatic heterocycles. The predicted molar refractivity (Wildman–Crippen MR) is 91.3 cm³/mol. The molecule has 1 aromatic carbocycles. The Balaban J connectivity index is 0.00000220. The average molecular weight is 350 g/mol. The lowest BCUT2D eigenvalue weighted by molar-refractivity contribution is -0.385. The number of aromatic hydroxyl groups is 1. The summed E-state index contributed by atoms with van der Waals surface area (Å²) in [7, 11) is 0. The van der Waals surface area contributed by atoms with Gasteiger partial charge in [-0.2, -0.15) is 0 Å². The van der Waals surface area contributed by atoms with Crippen LogP contribution >= 0.6 is 24.8 Å². The van der Waals surface area contributed by atoms with Crippen molar-refractivity contribution in [2.75, 3.05) is 26.2 Å².